The van der Waals surface area contributed by atoms with Gasteiger partial charge in [0, 0.05) is 0 Å². The molecule has 0 aromatic carbocycles. The van der Waals surface area contributed by atoms with Gasteiger partial charge in [0.05, 0.1) is 0 Å². The monoisotopic (exact) mass is 197 g/mol. The molecule has 0 rings (SSSR count). The molecule has 0 spiro atoms. The van der Waals surface area contributed by atoms with Crippen LogP contribution in [-0.4, -0.2) is 13.1 Å². The van der Waals surface area contributed by atoms with E-state index < -0.39 is 0 Å². The first-order valence-corrected chi connectivity index (χ1v) is 5.84. The predicted molar refractivity (Wildman–Crippen MR) is 65.5 cm³/mol. The molecule has 0 bridgehead atoms. The summed E-state index contributed by atoms with van der Waals surface area (Å²) in [4.78, 5) is 0. The highest BCUT2D eigenvalue weighted by atomic mass is 14.9. The van der Waals surface area contributed by atoms with Crippen LogP contribution in [0.25, 0.3) is 0 Å². The summed E-state index contributed by atoms with van der Waals surface area (Å²) >= 11 is 0. The van der Waals surface area contributed by atoms with Gasteiger partial charge in [-0.1, -0.05) is 40.2 Å². The number of rotatable bonds is 7. The molecule has 0 saturated heterocycles. The van der Waals surface area contributed by atoms with Crippen molar-refractivity contribution in [1.82, 2.24) is 5.32 Å². The second-order valence-corrected chi connectivity index (χ2v) is 5.15. The van der Waals surface area contributed by atoms with Gasteiger partial charge in [0.15, 0.2) is 0 Å². The number of allylic oxidation sites excluding steroid dienone is 1. The Bertz CT molecular complexity index is 144. The topological polar surface area (TPSA) is 12.0 Å². The van der Waals surface area contributed by atoms with Gasteiger partial charge in [-0.15, -0.1) is 6.58 Å². The van der Waals surface area contributed by atoms with E-state index in [0.717, 1.165) is 19.5 Å². The van der Waals surface area contributed by atoms with Crippen molar-refractivity contribution in [3.05, 3.63) is 12.7 Å². The first-order chi connectivity index (χ1) is 6.52. The van der Waals surface area contributed by atoms with Crippen molar-refractivity contribution in [3.8, 4) is 0 Å². The largest absolute Gasteiger partial charge is 0.316 e. The van der Waals surface area contributed by atoms with Crippen molar-refractivity contribution in [2.45, 2.75) is 47.0 Å². The lowest BCUT2D eigenvalue weighted by Gasteiger charge is -2.30. The maximum Gasteiger partial charge on any atom is -0.00125 e. The third kappa shape index (κ3) is 6.20. The minimum Gasteiger partial charge on any atom is -0.316 e. The van der Waals surface area contributed by atoms with Gasteiger partial charge in [0.1, 0.15) is 0 Å². The fraction of sp³-hybridized carbons (Fsp3) is 0.846. The fourth-order valence-electron chi connectivity index (χ4n) is 1.52. The van der Waals surface area contributed by atoms with E-state index in [1.54, 1.807) is 0 Å². The van der Waals surface area contributed by atoms with Crippen molar-refractivity contribution in [1.29, 1.82) is 0 Å². The van der Waals surface area contributed by atoms with Gasteiger partial charge < -0.3 is 5.32 Å². The highest BCUT2D eigenvalue weighted by Gasteiger charge is 2.22. The first kappa shape index (κ1) is 13.7. The molecule has 0 aliphatic heterocycles. The zero-order chi connectivity index (χ0) is 11.0. The minimum atomic E-state index is 0.382. The summed E-state index contributed by atoms with van der Waals surface area (Å²) in [6.45, 7) is 15.3. The van der Waals surface area contributed by atoms with Crippen LogP contribution in [0.3, 0.4) is 0 Å². The van der Waals surface area contributed by atoms with Gasteiger partial charge in [-0.25, -0.2) is 0 Å². The molecule has 1 N–H and O–H groups in total. The SMILES string of the molecule is C=CCC(CNCCCC)C(C)(C)C. The van der Waals surface area contributed by atoms with Crippen LogP contribution in [0.2, 0.25) is 0 Å². The van der Waals surface area contributed by atoms with Crippen LogP contribution >= 0.6 is 0 Å². The summed E-state index contributed by atoms with van der Waals surface area (Å²) in [5.74, 6) is 0.705. The van der Waals surface area contributed by atoms with Crippen molar-refractivity contribution in [3.63, 3.8) is 0 Å². The third-order valence-electron chi connectivity index (χ3n) is 2.77. The minimum absolute atomic E-state index is 0.382. The summed E-state index contributed by atoms with van der Waals surface area (Å²) in [5.41, 5.74) is 0.382. The van der Waals surface area contributed by atoms with Gasteiger partial charge in [-0.2, -0.15) is 0 Å². The Morgan fingerprint density at radius 3 is 2.43 bits per heavy atom. The highest BCUT2D eigenvalue weighted by Crippen LogP contribution is 2.28. The van der Waals surface area contributed by atoms with Crippen LogP contribution in [0, 0.1) is 11.3 Å². The highest BCUT2D eigenvalue weighted by molar-refractivity contribution is 4.82. The lowest BCUT2D eigenvalue weighted by atomic mass is 9.79. The van der Waals surface area contributed by atoms with Crippen LogP contribution in [0.1, 0.15) is 47.0 Å². The average Bonchev–Trinajstić information content (AvgIpc) is 2.08. The van der Waals surface area contributed by atoms with Gasteiger partial charge in [0.2, 0.25) is 0 Å². The predicted octanol–water partition coefficient (Wildman–Crippen LogP) is 3.61. The van der Waals surface area contributed by atoms with Crippen LogP contribution in [0.15, 0.2) is 12.7 Å². The van der Waals surface area contributed by atoms with E-state index in [-0.39, 0.29) is 0 Å². The lowest BCUT2D eigenvalue weighted by molar-refractivity contribution is 0.234. The molecule has 0 fully saturated rings. The zero-order valence-corrected chi connectivity index (χ0v) is 10.4. The Hall–Kier alpha value is -0.300. The molecule has 0 aromatic rings. The first-order valence-electron chi connectivity index (χ1n) is 5.84. The van der Waals surface area contributed by atoms with E-state index in [2.05, 4.69) is 39.6 Å². The van der Waals surface area contributed by atoms with E-state index in [9.17, 15) is 0 Å². The van der Waals surface area contributed by atoms with E-state index in [0.29, 0.717) is 11.3 Å². The van der Waals surface area contributed by atoms with Crippen molar-refractivity contribution in [2.75, 3.05) is 13.1 Å². The summed E-state index contributed by atoms with van der Waals surface area (Å²) in [5, 5.41) is 3.53. The van der Waals surface area contributed by atoms with Crippen molar-refractivity contribution >= 4 is 0 Å². The Kier molecular flexibility index (Phi) is 6.90. The van der Waals surface area contributed by atoms with Gasteiger partial charge in [-0.3, -0.25) is 0 Å². The maximum atomic E-state index is 3.83. The van der Waals surface area contributed by atoms with Crippen molar-refractivity contribution in [2.24, 2.45) is 11.3 Å². The van der Waals surface area contributed by atoms with Crippen LogP contribution in [0.5, 0.6) is 0 Å². The van der Waals surface area contributed by atoms with Gasteiger partial charge in [0.25, 0.3) is 0 Å². The average molecular weight is 197 g/mol. The van der Waals surface area contributed by atoms with Gasteiger partial charge in [-0.05, 0) is 37.3 Å². The molecule has 0 aliphatic rings. The molecular formula is C13H27N. The number of hydrogen-bond donors (Lipinski definition) is 1. The molecule has 1 nitrogen and oxygen atoms in total. The molecule has 0 aromatic heterocycles. The Morgan fingerprint density at radius 1 is 1.36 bits per heavy atom. The molecule has 0 radical (unpaired) electrons. The Balaban J connectivity index is 3.80. The van der Waals surface area contributed by atoms with E-state index in [1.165, 1.54) is 12.8 Å². The standard InChI is InChI=1S/C13H27N/c1-6-8-10-14-11-12(9-7-2)13(3,4)5/h7,12,14H,2,6,8-11H2,1,3-5H3. The van der Waals surface area contributed by atoms with Crippen LogP contribution < -0.4 is 5.32 Å². The lowest BCUT2D eigenvalue weighted by Crippen LogP contribution is -2.32. The Morgan fingerprint density at radius 2 is 2.00 bits per heavy atom. The maximum absolute atomic E-state index is 3.83. The normalized spacial score (nSPS) is 14.0. The second-order valence-electron chi connectivity index (χ2n) is 5.15. The summed E-state index contributed by atoms with van der Waals surface area (Å²) < 4.78 is 0. The van der Waals surface area contributed by atoms with Crippen molar-refractivity contribution < 1.29 is 0 Å². The molecule has 0 aliphatic carbocycles. The van der Waals surface area contributed by atoms with Gasteiger partial charge >= 0.3 is 0 Å². The summed E-state index contributed by atoms with van der Waals surface area (Å²) in [6, 6.07) is 0. The van der Waals surface area contributed by atoms with E-state index in [4.69, 9.17) is 0 Å². The molecule has 0 saturated carbocycles. The van der Waals surface area contributed by atoms with Crippen LogP contribution in [0.4, 0.5) is 0 Å². The molecule has 0 amide bonds. The molecule has 0 heterocycles. The summed E-state index contributed by atoms with van der Waals surface area (Å²) in [6.07, 6.45) is 5.71. The summed E-state index contributed by atoms with van der Waals surface area (Å²) in [7, 11) is 0. The molecule has 1 atom stereocenters. The molecule has 1 unspecified atom stereocenters. The molecule has 84 valence electrons. The van der Waals surface area contributed by atoms with E-state index >= 15 is 0 Å². The second kappa shape index (κ2) is 7.05. The number of nitrogens with one attached hydrogen (secondary N) is 1. The smallest absolute Gasteiger partial charge is 0.00125 e. The quantitative estimate of drug-likeness (QED) is 0.485. The van der Waals surface area contributed by atoms with Crippen LogP contribution in [-0.2, 0) is 0 Å². The molecular weight excluding hydrogens is 170 g/mol. The third-order valence-corrected chi connectivity index (χ3v) is 2.77. The Labute approximate surface area is 90.0 Å². The zero-order valence-electron chi connectivity index (χ0n) is 10.4. The molecule has 1 heteroatoms. The van der Waals surface area contributed by atoms with E-state index in [1.807, 2.05) is 6.08 Å². The number of unbranched alkanes of at least 4 members (excludes halogenated alkanes) is 1. The molecule has 14 heavy (non-hydrogen) atoms. The number of hydrogen-bond acceptors (Lipinski definition) is 1. The fourth-order valence-corrected chi connectivity index (χ4v) is 1.52.